The number of benzene rings is 6. The molecule has 0 amide bonds. The molecule has 2 aliphatic carbocycles. The highest BCUT2D eigenvalue weighted by Crippen LogP contribution is 2.38. The van der Waals surface area contributed by atoms with Gasteiger partial charge in [-0.25, -0.2) is 9.13 Å². The molecule has 0 saturated heterocycles. The molecule has 6 heterocycles. The van der Waals surface area contributed by atoms with E-state index in [1.807, 2.05) is 66.6 Å². The van der Waals surface area contributed by atoms with Crippen LogP contribution < -0.4 is 27.4 Å². The third kappa shape index (κ3) is 18.8. The molecule has 6 aromatic carbocycles. The molecule has 0 bridgehead atoms. The van der Waals surface area contributed by atoms with Crippen molar-refractivity contribution in [3.05, 3.63) is 320 Å². The van der Waals surface area contributed by atoms with Crippen molar-refractivity contribution < 1.29 is 38.4 Å². The van der Waals surface area contributed by atoms with Crippen molar-refractivity contribution in [3.8, 4) is 67.5 Å². The van der Waals surface area contributed by atoms with Gasteiger partial charge in [0.15, 0.2) is 35.2 Å². The third-order valence-corrected chi connectivity index (χ3v) is 20.8. The van der Waals surface area contributed by atoms with Crippen molar-refractivity contribution in [3.63, 3.8) is 0 Å². The second-order valence-electron chi connectivity index (χ2n) is 28.1. The predicted molar refractivity (Wildman–Crippen MR) is 427 cm³/mol. The zero-order valence-corrected chi connectivity index (χ0v) is 64.3. The van der Waals surface area contributed by atoms with Crippen molar-refractivity contribution in [2.75, 3.05) is 0 Å². The molecule has 6 aromatic heterocycles. The monoisotopic (exact) mass is 1360 g/mol. The standard InChI is InChI=1S/2C19H24N.2C15H18N.2C14H16N/c1-14-8-4-7-11-17(14)19-12-18(15(2)13-20(19)3)16-9-5-6-10-16;1-14-8-4-7-11-17(14)19-12-15(2)18(13-20(19)3)16-9-5-6-10-16;1-11-9-13(3)16(4)15(10-11)14-8-6-5-7-12(14)2;1-11-9-10-15(16(4)13(11)3)14-8-6-5-7-12(14)2;2*1-11-7-4-5-9-13(11)14-10-6-8-12(2)15(14)3/h2*4,7-8,11-13,16H,5-6,9-10H2,1-3H3;2*5-10H,1-4H3;2*4-10H,1-3H3/q6*+1/i2D3,16D;16D;;1D3;;. The Labute approximate surface area is 625 Å². The van der Waals surface area contributed by atoms with Gasteiger partial charge < -0.3 is 0 Å². The van der Waals surface area contributed by atoms with Crippen LogP contribution in [-0.2, 0) is 42.3 Å². The van der Waals surface area contributed by atoms with Gasteiger partial charge in [0.1, 0.15) is 42.3 Å². The summed E-state index contributed by atoms with van der Waals surface area (Å²) in [5.74, 6) is -1.15. The fraction of sp³-hybridized carbons (Fsp3) is 0.312. The molecule has 2 aliphatic rings. The van der Waals surface area contributed by atoms with Crippen LogP contribution >= 0.6 is 0 Å². The summed E-state index contributed by atoms with van der Waals surface area (Å²) in [5, 5.41) is 0. The van der Waals surface area contributed by atoms with Gasteiger partial charge in [-0.15, -0.1) is 0 Å². The van der Waals surface area contributed by atoms with Crippen LogP contribution in [0.25, 0.3) is 67.5 Å². The van der Waals surface area contributed by atoms with Gasteiger partial charge >= 0.3 is 0 Å². The fourth-order valence-electron chi connectivity index (χ4n) is 14.1. The first-order chi connectivity index (χ1) is 52.0. The van der Waals surface area contributed by atoms with E-state index in [1.165, 1.54) is 119 Å². The first-order valence-electron chi connectivity index (χ1n) is 40.3. The summed E-state index contributed by atoms with van der Waals surface area (Å²) in [6, 6.07) is 75.3. The van der Waals surface area contributed by atoms with E-state index in [4.69, 9.17) is 11.0 Å². The lowest BCUT2D eigenvalue weighted by molar-refractivity contribution is -0.667. The van der Waals surface area contributed by atoms with E-state index < -0.39 is 19.6 Å². The lowest BCUT2D eigenvalue weighted by Gasteiger charge is -2.14. The van der Waals surface area contributed by atoms with Crippen LogP contribution in [0.15, 0.2) is 231 Å². The second kappa shape index (κ2) is 35.7. The van der Waals surface area contributed by atoms with E-state index in [-0.39, 0.29) is 5.89 Å². The largest absolute Gasteiger partial charge is 0.212 e. The predicted octanol–water partition coefficient (Wildman–Crippen LogP) is 20.7. The highest BCUT2D eigenvalue weighted by atomic mass is 15.0. The topological polar surface area (TPSA) is 23.3 Å². The lowest BCUT2D eigenvalue weighted by atomic mass is 9.92. The maximum Gasteiger partial charge on any atom is 0.212 e. The van der Waals surface area contributed by atoms with E-state index in [2.05, 4.69) is 305 Å². The van der Waals surface area contributed by atoms with Crippen LogP contribution in [0.4, 0.5) is 0 Å². The summed E-state index contributed by atoms with van der Waals surface area (Å²) in [6.45, 7) is 21.0. The maximum atomic E-state index is 8.87. The van der Waals surface area contributed by atoms with Crippen LogP contribution in [0.1, 0.15) is 164 Å². The molecule has 0 N–H and O–H groups in total. The Morgan fingerprint density at radius 2 is 0.618 bits per heavy atom. The zero-order valence-electron chi connectivity index (χ0n) is 72.3. The van der Waals surface area contributed by atoms with E-state index in [0.29, 0.717) is 16.7 Å². The van der Waals surface area contributed by atoms with Crippen LogP contribution in [0, 0.1) is 96.8 Å². The van der Waals surface area contributed by atoms with Gasteiger partial charge in [-0.3, -0.25) is 0 Å². The molecular weight excluding hydrogens is 1240 g/mol. The minimum absolute atomic E-state index is 0.319. The second-order valence-corrected chi connectivity index (χ2v) is 28.1. The molecule has 102 heavy (non-hydrogen) atoms. The third-order valence-electron chi connectivity index (χ3n) is 20.8. The van der Waals surface area contributed by atoms with Gasteiger partial charge in [-0.2, -0.15) is 18.3 Å². The van der Waals surface area contributed by atoms with E-state index >= 15 is 0 Å². The Hall–Kier alpha value is -9.78. The highest BCUT2D eigenvalue weighted by molar-refractivity contribution is 5.66. The maximum absolute atomic E-state index is 8.87. The Morgan fingerprint density at radius 1 is 0.275 bits per heavy atom. The van der Waals surface area contributed by atoms with Gasteiger partial charge in [0, 0.05) is 143 Å². The molecule has 0 aliphatic heterocycles. The zero-order chi connectivity index (χ0) is 80.2. The molecule has 524 valence electrons. The van der Waals surface area contributed by atoms with Crippen molar-refractivity contribution in [1.82, 2.24) is 0 Å². The number of hydrogen-bond donors (Lipinski definition) is 0. The van der Waals surface area contributed by atoms with Gasteiger partial charge in [-0.05, 0) is 211 Å². The van der Waals surface area contributed by atoms with Crippen molar-refractivity contribution >= 4 is 0 Å². The van der Waals surface area contributed by atoms with Gasteiger partial charge in [0.2, 0.25) is 34.2 Å². The number of nitrogens with zero attached hydrogens (tertiary/aromatic N) is 6. The summed E-state index contributed by atoms with van der Waals surface area (Å²) < 4.78 is 76.7. The summed E-state index contributed by atoms with van der Waals surface area (Å²) in [5.41, 5.74) is 31.9. The van der Waals surface area contributed by atoms with Gasteiger partial charge in [0.05, 0.1) is 0 Å². The number of rotatable bonds is 8. The Morgan fingerprint density at radius 3 is 1.02 bits per heavy atom. The SMILES string of the molecule is Cc1cc(C)[n+](C)c(-c2ccccc2C)c1.Cc1ccccc1-c1cccc(C)[n+]1C.Cc1ccccc1-c1cccc(C)[n+]1C.[2H]C([2H])([2H])c1c[n+](C)c(-c2ccccc2C)cc1C1([2H])CCCC1.[2H]C([2H])([2H])c1ccc(-c2ccccc2C)[n+](C)c1C.[2H]C1(c2c[n+](C)c(-c3ccccc3C)cc2C)CCCC1. The van der Waals surface area contributed by atoms with E-state index in [1.54, 1.807) is 12.3 Å². The Kier molecular flexibility index (Phi) is 22.9. The Balaban J connectivity index is 0.000000153. The van der Waals surface area contributed by atoms with Gasteiger partial charge in [0.25, 0.3) is 0 Å². The summed E-state index contributed by atoms with van der Waals surface area (Å²) >= 11 is 0. The highest BCUT2D eigenvalue weighted by Gasteiger charge is 2.26. The summed E-state index contributed by atoms with van der Waals surface area (Å²) in [7, 11) is 12.2. The first-order valence-corrected chi connectivity index (χ1v) is 36.3. The molecule has 6 heteroatoms. The summed E-state index contributed by atoms with van der Waals surface area (Å²) in [6.07, 6.45) is 11.7. The van der Waals surface area contributed by atoms with Crippen LogP contribution in [-0.4, -0.2) is 0 Å². The van der Waals surface area contributed by atoms with Crippen LogP contribution in [0.5, 0.6) is 0 Å². The van der Waals surface area contributed by atoms with Crippen LogP contribution in [0.2, 0.25) is 0 Å². The molecule has 0 spiro atoms. The molecule has 2 fully saturated rings. The summed E-state index contributed by atoms with van der Waals surface area (Å²) in [4.78, 5) is 0. The molecule has 12 aromatic rings. The van der Waals surface area contributed by atoms with Gasteiger partial charge in [-0.1, -0.05) is 135 Å². The quantitative estimate of drug-likeness (QED) is 0.135. The lowest BCUT2D eigenvalue weighted by Crippen LogP contribution is -2.35. The number of pyridine rings is 6. The normalized spacial score (nSPS) is 14.5. The smallest absolute Gasteiger partial charge is 0.201 e. The minimum Gasteiger partial charge on any atom is -0.201 e. The number of aryl methyl sites for hydroxylation is 15. The van der Waals surface area contributed by atoms with Crippen molar-refractivity contribution in [2.24, 2.45) is 42.3 Å². The molecule has 0 atom stereocenters. The molecule has 0 unspecified atom stereocenters. The molecule has 0 radical (unpaired) electrons. The molecule has 2 saturated carbocycles. The average Bonchev–Trinajstić information content (AvgIpc) is 1.32. The van der Waals surface area contributed by atoms with E-state index in [9.17, 15) is 0 Å². The van der Waals surface area contributed by atoms with Crippen molar-refractivity contribution in [1.29, 1.82) is 0 Å². The first kappa shape index (κ1) is 65.5. The average molecular weight is 1360 g/mol. The minimum atomic E-state index is -2.20. The molecular formula is C96H116N6+6. The van der Waals surface area contributed by atoms with Crippen molar-refractivity contribution in [2.45, 2.75) is 160 Å². The molecule has 14 rings (SSSR count). The number of hydrogen-bond acceptors (Lipinski definition) is 0. The fourth-order valence-corrected chi connectivity index (χ4v) is 14.1. The van der Waals surface area contributed by atoms with Crippen LogP contribution in [0.3, 0.4) is 0 Å². The number of aromatic nitrogens is 6. The van der Waals surface area contributed by atoms with E-state index in [0.717, 1.165) is 72.3 Å². The molecule has 6 nitrogen and oxygen atoms in total. The Bertz CT molecular complexity index is 5120.